The van der Waals surface area contributed by atoms with Gasteiger partial charge < -0.3 is 9.64 Å². The van der Waals surface area contributed by atoms with E-state index in [0.29, 0.717) is 25.0 Å². The molecule has 186 valence electrons. The summed E-state index contributed by atoms with van der Waals surface area (Å²) in [7, 11) is -6.68. The molecule has 2 saturated heterocycles. The largest absolute Gasteiger partial charge is 0.493 e. The lowest BCUT2D eigenvalue weighted by Gasteiger charge is -2.38. The van der Waals surface area contributed by atoms with E-state index in [0.717, 1.165) is 51.1 Å². The number of benzene rings is 1. The molecule has 0 N–H and O–H groups in total. The van der Waals surface area contributed by atoms with E-state index in [1.165, 1.54) is 15.4 Å². The zero-order valence-electron chi connectivity index (χ0n) is 19.8. The highest BCUT2D eigenvalue weighted by Crippen LogP contribution is 2.28. The maximum absolute atomic E-state index is 13.0. The van der Waals surface area contributed by atoms with Crippen LogP contribution in [0.15, 0.2) is 18.2 Å². The first-order chi connectivity index (χ1) is 15.7. The van der Waals surface area contributed by atoms with Crippen molar-refractivity contribution in [3.63, 3.8) is 0 Å². The summed E-state index contributed by atoms with van der Waals surface area (Å²) in [6, 6.07) is 6.95. The highest BCUT2D eigenvalue weighted by atomic mass is 32.2. The fraction of sp³-hybridized carbons (Fsp3) is 0.739. The van der Waals surface area contributed by atoms with E-state index >= 15 is 0 Å². The number of sulfone groups is 1. The Bertz CT molecular complexity index is 1020. The molecule has 0 aliphatic carbocycles. The molecule has 0 radical (unpaired) electrons. The van der Waals surface area contributed by atoms with Gasteiger partial charge in [-0.25, -0.2) is 8.42 Å². The Labute approximate surface area is 199 Å². The molecule has 2 fully saturated rings. The van der Waals surface area contributed by atoms with Crippen molar-refractivity contribution in [2.75, 3.05) is 57.4 Å². The second-order valence-corrected chi connectivity index (χ2v) is 13.8. The number of piperidine rings is 1. The quantitative estimate of drug-likeness (QED) is 0.540. The minimum Gasteiger partial charge on any atom is -0.493 e. The Balaban J connectivity index is 1.28. The third-order valence-electron chi connectivity index (χ3n) is 7.34. The Morgan fingerprint density at radius 1 is 1.12 bits per heavy atom. The zero-order chi connectivity index (χ0) is 23.6. The Kier molecular flexibility index (Phi) is 7.69. The number of hydrogen-bond acceptors (Lipinski definition) is 6. The van der Waals surface area contributed by atoms with Gasteiger partial charge in [0.05, 0.1) is 18.1 Å². The van der Waals surface area contributed by atoms with Crippen molar-refractivity contribution >= 4 is 20.0 Å². The number of nitrogens with zero attached hydrogens (tertiary/aromatic N) is 3. The zero-order valence-corrected chi connectivity index (χ0v) is 21.4. The monoisotopic (exact) mass is 499 g/mol. The van der Waals surface area contributed by atoms with Gasteiger partial charge in [-0.05, 0) is 55.8 Å². The summed E-state index contributed by atoms with van der Waals surface area (Å²) in [5.74, 6) is 1.33. The maximum Gasteiger partial charge on any atom is 0.282 e. The topological polar surface area (TPSA) is 87.2 Å². The van der Waals surface area contributed by atoms with Crippen molar-refractivity contribution in [1.82, 2.24) is 13.5 Å². The number of fused-ring (bicyclic) bond motifs is 1. The molecule has 33 heavy (non-hydrogen) atoms. The summed E-state index contributed by atoms with van der Waals surface area (Å²) in [6.45, 7) is 8.34. The van der Waals surface area contributed by atoms with Gasteiger partial charge in [-0.2, -0.15) is 17.0 Å². The van der Waals surface area contributed by atoms with Crippen molar-refractivity contribution in [2.24, 2.45) is 5.92 Å². The van der Waals surface area contributed by atoms with Crippen LogP contribution in [0.2, 0.25) is 0 Å². The summed E-state index contributed by atoms with van der Waals surface area (Å²) in [5.41, 5.74) is 2.65. The summed E-state index contributed by atoms with van der Waals surface area (Å²) in [4.78, 5) is 2.51. The normalized spacial score (nSPS) is 23.4. The second kappa shape index (κ2) is 10.2. The Morgan fingerprint density at radius 3 is 2.45 bits per heavy atom. The van der Waals surface area contributed by atoms with E-state index < -0.39 is 20.0 Å². The standard InChI is InChI=1S/C23H37N3O5S2/c1-3-24(19(2)16-21-4-5-23-22(17-21)8-13-31-23)18-20-6-9-25(10-7-20)33(29,30)26-11-14-32(27,28)15-12-26/h4-5,17,19-20H,3,6-16,18H2,1-2H3. The molecule has 1 aromatic rings. The van der Waals surface area contributed by atoms with Crippen LogP contribution in [0.25, 0.3) is 0 Å². The first kappa shape index (κ1) is 24.9. The van der Waals surface area contributed by atoms with Crippen LogP contribution in [0.1, 0.15) is 37.8 Å². The molecule has 1 atom stereocenters. The van der Waals surface area contributed by atoms with Crippen LogP contribution in [0.3, 0.4) is 0 Å². The fourth-order valence-corrected chi connectivity index (χ4v) is 8.28. The predicted octanol–water partition coefficient (Wildman–Crippen LogP) is 1.56. The third kappa shape index (κ3) is 5.90. The molecule has 1 unspecified atom stereocenters. The number of ether oxygens (including phenoxy) is 1. The van der Waals surface area contributed by atoms with Gasteiger partial charge in [0.25, 0.3) is 10.2 Å². The highest BCUT2D eigenvalue weighted by Gasteiger charge is 2.36. The third-order valence-corrected chi connectivity index (χ3v) is 11.0. The molecule has 8 nitrogen and oxygen atoms in total. The predicted molar refractivity (Wildman–Crippen MR) is 129 cm³/mol. The average Bonchev–Trinajstić information content (AvgIpc) is 3.25. The van der Waals surface area contributed by atoms with Crippen LogP contribution >= 0.6 is 0 Å². The Hall–Kier alpha value is -1.20. The summed E-state index contributed by atoms with van der Waals surface area (Å²) >= 11 is 0. The molecule has 3 aliphatic rings. The molecule has 0 aromatic heterocycles. The molecule has 3 heterocycles. The summed E-state index contributed by atoms with van der Waals surface area (Å²) in [5, 5.41) is 0. The van der Waals surface area contributed by atoms with Crippen molar-refractivity contribution in [3.05, 3.63) is 29.3 Å². The lowest BCUT2D eigenvalue weighted by atomic mass is 9.96. The van der Waals surface area contributed by atoms with Crippen LogP contribution < -0.4 is 4.74 Å². The van der Waals surface area contributed by atoms with Crippen LogP contribution in [0, 0.1) is 5.92 Å². The van der Waals surface area contributed by atoms with Gasteiger partial charge in [0, 0.05) is 45.2 Å². The lowest BCUT2D eigenvalue weighted by molar-refractivity contribution is 0.150. The highest BCUT2D eigenvalue weighted by molar-refractivity contribution is 7.91. The minimum absolute atomic E-state index is 0.0700. The van der Waals surface area contributed by atoms with E-state index in [9.17, 15) is 16.8 Å². The van der Waals surface area contributed by atoms with Crippen molar-refractivity contribution < 1.29 is 21.6 Å². The molecule has 0 amide bonds. The van der Waals surface area contributed by atoms with Crippen LogP contribution in [0.4, 0.5) is 0 Å². The first-order valence-corrected chi connectivity index (χ1v) is 15.3. The van der Waals surface area contributed by atoms with Gasteiger partial charge in [0.15, 0.2) is 9.84 Å². The molecule has 0 spiro atoms. The number of rotatable bonds is 8. The number of hydrogen-bond donors (Lipinski definition) is 0. The SMILES string of the molecule is CCN(CC1CCN(S(=O)(=O)N2CCS(=O)(=O)CC2)CC1)C(C)Cc1ccc2c(c1)CCO2. The average molecular weight is 500 g/mol. The van der Waals surface area contributed by atoms with E-state index in [2.05, 4.69) is 36.9 Å². The van der Waals surface area contributed by atoms with Crippen molar-refractivity contribution in [2.45, 2.75) is 45.6 Å². The van der Waals surface area contributed by atoms with Gasteiger partial charge in [0.2, 0.25) is 0 Å². The van der Waals surface area contributed by atoms with Crippen LogP contribution in [-0.2, 0) is 32.9 Å². The minimum atomic E-state index is -3.58. The summed E-state index contributed by atoms with van der Waals surface area (Å²) in [6.07, 6.45) is 3.66. The Morgan fingerprint density at radius 2 is 1.79 bits per heavy atom. The fourth-order valence-electron chi connectivity index (χ4n) is 5.20. The first-order valence-electron chi connectivity index (χ1n) is 12.1. The molecule has 3 aliphatic heterocycles. The molecule has 10 heteroatoms. The van der Waals surface area contributed by atoms with Crippen LogP contribution in [-0.4, -0.2) is 93.8 Å². The van der Waals surface area contributed by atoms with E-state index in [1.807, 2.05) is 0 Å². The van der Waals surface area contributed by atoms with Crippen LogP contribution in [0.5, 0.6) is 5.75 Å². The van der Waals surface area contributed by atoms with Gasteiger partial charge in [0.1, 0.15) is 5.75 Å². The smallest absolute Gasteiger partial charge is 0.282 e. The van der Waals surface area contributed by atoms with E-state index in [4.69, 9.17) is 4.74 Å². The van der Waals surface area contributed by atoms with Gasteiger partial charge in [-0.3, -0.25) is 0 Å². The molecular formula is C23H37N3O5S2. The van der Waals surface area contributed by atoms with Gasteiger partial charge in [-0.1, -0.05) is 19.1 Å². The molecule has 4 rings (SSSR count). The van der Waals surface area contributed by atoms with Crippen molar-refractivity contribution in [3.8, 4) is 5.75 Å². The van der Waals surface area contributed by atoms with E-state index in [-0.39, 0.29) is 24.6 Å². The lowest BCUT2D eigenvalue weighted by Crippen LogP contribution is -2.52. The van der Waals surface area contributed by atoms with Gasteiger partial charge in [-0.15, -0.1) is 0 Å². The molecule has 0 saturated carbocycles. The molecule has 0 bridgehead atoms. The molecular weight excluding hydrogens is 462 g/mol. The van der Waals surface area contributed by atoms with Gasteiger partial charge >= 0.3 is 0 Å². The second-order valence-electron chi connectivity index (χ2n) is 9.58. The molecule has 1 aromatic carbocycles. The summed E-state index contributed by atoms with van der Waals surface area (Å²) < 4.78 is 57.7. The number of likely N-dealkylation sites (N-methyl/N-ethyl adjacent to an activating group) is 1. The maximum atomic E-state index is 13.0. The van der Waals surface area contributed by atoms with Crippen molar-refractivity contribution in [1.29, 1.82) is 0 Å². The van der Waals surface area contributed by atoms with E-state index in [1.54, 1.807) is 4.31 Å².